The Balaban J connectivity index is 1.52. The van der Waals surface area contributed by atoms with Gasteiger partial charge in [0.15, 0.2) is 5.69 Å². The maximum absolute atomic E-state index is 13.0. The molecule has 1 fully saturated rings. The van der Waals surface area contributed by atoms with Gasteiger partial charge in [-0.3, -0.25) is 9.69 Å². The number of nitrogens with one attached hydrogen (secondary N) is 1. The van der Waals surface area contributed by atoms with Gasteiger partial charge in [-0.15, -0.1) is 5.10 Å². The molecular formula is C22H27N9O4. The predicted molar refractivity (Wildman–Crippen MR) is 125 cm³/mol. The molecule has 0 spiro atoms. The van der Waals surface area contributed by atoms with Gasteiger partial charge in [-0.2, -0.15) is 9.78 Å². The Labute approximate surface area is 201 Å². The number of rotatable bonds is 8. The average Bonchev–Trinajstić information content (AvgIpc) is 3.50. The van der Waals surface area contributed by atoms with Crippen molar-refractivity contribution in [2.24, 2.45) is 5.10 Å². The first-order valence-electron chi connectivity index (χ1n) is 11.2. The number of hydrogen-bond acceptors (Lipinski definition) is 11. The van der Waals surface area contributed by atoms with Crippen molar-refractivity contribution >= 4 is 23.9 Å². The molecule has 1 aliphatic rings. The summed E-state index contributed by atoms with van der Waals surface area (Å²) >= 11 is 0. The van der Waals surface area contributed by atoms with Crippen molar-refractivity contribution in [3.8, 4) is 5.82 Å². The van der Waals surface area contributed by atoms with Crippen LogP contribution >= 0.6 is 0 Å². The first-order chi connectivity index (χ1) is 17.0. The summed E-state index contributed by atoms with van der Waals surface area (Å²) in [5, 5.41) is 19.6. The van der Waals surface area contributed by atoms with Crippen LogP contribution in [0.1, 0.15) is 64.2 Å². The van der Waals surface area contributed by atoms with E-state index < -0.39 is 11.9 Å². The number of ether oxygens (including phenoxy) is 1. The maximum Gasteiger partial charge on any atom is 0.337 e. The van der Waals surface area contributed by atoms with Crippen LogP contribution in [0, 0.1) is 0 Å². The SMILES string of the molecule is COC(=O)c1ccc(C=NNC(=O)c2nnn(-c3nonc3N)c2CN(C)C2CCCCC2)cc1. The van der Waals surface area contributed by atoms with E-state index in [1.165, 1.54) is 37.3 Å². The minimum Gasteiger partial charge on any atom is -0.465 e. The number of nitrogens with two attached hydrogens (primary N) is 1. The van der Waals surface area contributed by atoms with E-state index in [1.54, 1.807) is 24.3 Å². The Morgan fingerprint density at radius 1 is 1.26 bits per heavy atom. The number of carbonyl (C=O) groups is 2. The zero-order valence-electron chi connectivity index (χ0n) is 19.5. The quantitative estimate of drug-likeness (QED) is 0.274. The van der Waals surface area contributed by atoms with Gasteiger partial charge in [0.2, 0.25) is 11.6 Å². The van der Waals surface area contributed by atoms with Crippen LogP contribution < -0.4 is 11.2 Å². The van der Waals surface area contributed by atoms with Crippen LogP contribution in [0.2, 0.25) is 0 Å². The minimum absolute atomic E-state index is 0.0387. The summed E-state index contributed by atoms with van der Waals surface area (Å²) in [6, 6.07) is 6.97. The van der Waals surface area contributed by atoms with Crippen molar-refractivity contribution in [2.45, 2.75) is 44.7 Å². The number of carbonyl (C=O) groups excluding carboxylic acids is 2. The van der Waals surface area contributed by atoms with Gasteiger partial charge in [0, 0.05) is 12.6 Å². The molecule has 13 nitrogen and oxygen atoms in total. The lowest BCUT2D eigenvalue weighted by molar-refractivity contribution is 0.0600. The lowest BCUT2D eigenvalue weighted by Gasteiger charge is -2.31. The van der Waals surface area contributed by atoms with Gasteiger partial charge in [0.05, 0.1) is 24.6 Å². The third-order valence-corrected chi connectivity index (χ3v) is 5.98. The Morgan fingerprint density at radius 2 is 2.00 bits per heavy atom. The van der Waals surface area contributed by atoms with E-state index in [1.807, 2.05) is 7.05 Å². The van der Waals surface area contributed by atoms with E-state index >= 15 is 0 Å². The highest BCUT2D eigenvalue weighted by Gasteiger charge is 2.27. The largest absolute Gasteiger partial charge is 0.465 e. The molecule has 4 rings (SSSR count). The molecule has 0 saturated heterocycles. The van der Waals surface area contributed by atoms with Crippen LogP contribution in [-0.2, 0) is 11.3 Å². The molecule has 35 heavy (non-hydrogen) atoms. The summed E-state index contributed by atoms with van der Waals surface area (Å²) in [7, 11) is 3.33. The van der Waals surface area contributed by atoms with Crippen molar-refractivity contribution in [2.75, 3.05) is 19.9 Å². The fourth-order valence-electron chi connectivity index (χ4n) is 4.06. The van der Waals surface area contributed by atoms with Gasteiger partial charge in [0.1, 0.15) is 0 Å². The number of hydrogen-bond donors (Lipinski definition) is 2. The third-order valence-electron chi connectivity index (χ3n) is 5.98. The highest BCUT2D eigenvalue weighted by atomic mass is 16.6. The first-order valence-corrected chi connectivity index (χ1v) is 11.2. The van der Waals surface area contributed by atoms with Crippen LogP contribution in [0.4, 0.5) is 5.82 Å². The number of benzene rings is 1. The van der Waals surface area contributed by atoms with Crippen molar-refractivity contribution in [1.29, 1.82) is 0 Å². The average molecular weight is 482 g/mol. The second kappa shape index (κ2) is 10.9. The topological polar surface area (TPSA) is 167 Å². The summed E-state index contributed by atoms with van der Waals surface area (Å²) in [5.41, 5.74) is 10.0. The first kappa shape index (κ1) is 24.0. The standard InChI is InChI=1S/C22H27N9O4/c1-30(16-6-4-3-5-7-16)13-17-18(25-29-31(17)20-19(23)27-35-28-20)21(32)26-24-12-14-8-10-15(11-9-14)22(33)34-2/h8-12,16H,3-7,13H2,1-2H3,(H2,23,27)(H,26,32). The summed E-state index contributed by atoms with van der Waals surface area (Å²) in [4.78, 5) is 26.7. The Kier molecular flexibility index (Phi) is 7.45. The third kappa shape index (κ3) is 5.51. The van der Waals surface area contributed by atoms with E-state index in [0.717, 1.165) is 12.8 Å². The number of amides is 1. The molecule has 0 aliphatic heterocycles. The van der Waals surface area contributed by atoms with Crippen LogP contribution in [0.3, 0.4) is 0 Å². The number of nitrogen functional groups attached to an aromatic ring is 1. The van der Waals surface area contributed by atoms with E-state index in [9.17, 15) is 9.59 Å². The molecule has 3 N–H and O–H groups in total. The fraction of sp³-hybridized carbons (Fsp3) is 0.409. The lowest BCUT2D eigenvalue weighted by atomic mass is 9.94. The molecule has 1 saturated carbocycles. The van der Waals surface area contributed by atoms with Crippen molar-refractivity contribution < 1.29 is 19.0 Å². The number of methoxy groups -OCH3 is 1. The lowest BCUT2D eigenvalue weighted by Crippen LogP contribution is -2.34. The number of anilines is 1. The van der Waals surface area contributed by atoms with Crippen molar-refractivity contribution in [3.63, 3.8) is 0 Å². The van der Waals surface area contributed by atoms with E-state index in [2.05, 4.69) is 40.8 Å². The molecule has 184 valence electrons. The van der Waals surface area contributed by atoms with E-state index in [-0.39, 0.29) is 17.3 Å². The highest BCUT2D eigenvalue weighted by Crippen LogP contribution is 2.24. The molecule has 1 aromatic carbocycles. The van der Waals surface area contributed by atoms with Gasteiger partial charge >= 0.3 is 5.97 Å². The molecule has 2 aromatic heterocycles. The number of aromatic nitrogens is 5. The van der Waals surface area contributed by atoms with Gasteiger partial charge in [-0.1, -0.05) is 36.6 Å². The zero-order chi connectivity index (χ0) is 24.8. The van der Waals surface area contributed by atoms with Crippen LogP contribution in [-0.4, -0.2) is 68.5 Å². The smallest absolute Gasteiger partial charge is 0.337 e. The Bertz CT molecular complexity index is 1200. The van der Waals surface area contributed by atoms with Crippen molar-refractivity contribution in [1.82, 2.24) is 35.6 Å². The van der Waals surface area contributed by atoms with Gasteiger partial charge < -0.3 is 10.5 Å². The molecule has 1 amide bonds. The molecule has 0 bridgehead atoms. The van der Waals surface area contributed by atoms with Crippen LogP contribution in [0.25, 0.3) is 5.82 Å². The molecule has 13 heteroatoms. The maximum atomic E-state index is 13.0. The summed E-state index contributed by atoms with van der Waals surface area (Å²) in [5.74, 6) is -0.769. The fourth-order valence-corrected chi connectivity index (χ4v) is 4.06. The highest BCUT2D eigenvalue weighted by molar-refractivity contribution is 5.94. The van der Waals surface area contributed by atoms with Gasteiger partial charge in [-0.05, 0) is 47.9 Å². The molecule has 0 unspecified atom stereocenters. The molecule has 0 atom stereocenters. The predicted octanol–water partition coefficient (Wildman–Crippen LogP) is 1.55. The van der Waals surface area contributed by atoms with Crippen LogP contribution in [0.5, 0.6) is 0 Å². The molecule has 1 aliphatic carbocycles. The minimum atomic E-state index is -0.541. The molecule has 0 radical (unpaired) electrons. The zero-order valence-corrected chi connectivity index (χ0v) is 19.5. The monoisotopic (exact) mass is 481 g/mol. The molecular weight excluding hydrogens is 454 g/mol. The Morgan fingerprint density at radius 3 is 2.66 bits per heavy atom. The summed E-state index contributed by atoms with van der Waals surface area (Å²) in [6.07, 6.45) is 7.22. The Hall–Kier alpha value is -4.13. The summed E-state index contributed by atoms with van der Waals surface area (Å²) < 4.78 is 10.8. The van der Waals surface area contributed by atoms with Gasteiger partial charge in [0.25, 0.3) is 5.91 Å². The number of hydrazone groups is 1. The van der Waals surface area contributed by atoms with E-state index in [0.29, 0.717) is 29.4 Å². The molecule has 3 aromatic rings. The number of nitrogens with zero attached hydrogens (tertiary/aromatic N) is 7. The molecule has 2 heterocycles. The van der Waals surface area contributed by atoms with Crippen molar-refractivity contribution in [3.05, 3.63) is 46.8 Å². The number of esters is 1. The van der Waals surface area contributed by atoms with Crippen LogP contribution in [0.15, 0.2) is 34.0 Å². The summed E-state index contributed by atoms with van der Waals surface area (Å²) in [6.45, 7) is 0.394. The second-order valence-corrected chi connectivity index (χ2v) is 8.29. The van der Waals surface area contributed by atoms with E-state index in [4.69, 9.17) is 10.4 Å². The normalized spacial score (nSPS) is 14.5. The van der Waals surface area contributed by atoms with Gasteiger partial charge in [-0.25, -0.2) is 14.8 Å². The second-order valence-electron chi connectivity index (χ2n) is 8.29.